The highest BCUT2D eigenvalue weighted by Crippen LogP contribution is 2.45. The maximum atomic E-state index is 3.94. The van der Waals surface area contributed by atoms with Gasteiger partial charge in [0.25, 0.3) is 0 Å². The van der Waals surface area contributed by atoms with Gasteiger partial charge >= 0.3 is 0 Å². The molecule has 0 bridgehead atoms. The predicted molar refractivity (Wildman–Crippen MR) is 72.2 cm³/mol. The van der Waals surface area contributed by atoms with Gasteiger partial charge in [-0.1, -0.05) is 19.8 Å². The van der Waals surface area contributed by atoms with Gasteiger partial charge in [-0.3, -0.25) is 4.90 Å². The summed E-state index contributed by atoms with van der Waals surface area (Å²) in [6, 6.07) is 0. The standard InChI is InChI=1S/C15H28N2/c1-3-10-17-12-14(2,13-6-7-13)16-11-15(17)8-4-5-9-15/h13,16H,3-12H2,1-2H3. The molecule has 0 aromatic rings. The Kier molecular flexibility index (Phi) is 2.99. The first-order valence-electron chi connectivity index (χ1n) is 7.69. The Balaban J connectivity index is 1.75. The van der Waals surface area contributed by atoms with Crippen LogP contribution >= 0.6 is 0 Å². The van der Waals surface area contributed by atoms with E-state index >= 15 is 0 Å². The quantitative estimate of drug-likeness (QED) is 0.810. The minimum Gasteiger partial charge on any atom is -0.308 e. The van der Waals surface area contributed by atoms with Gasteiger partial charge < -0.3 is 5.32 Å². The predicted octanol–water partition coefficient (Wildman–Crippen LogP) is 2.78. The van der Waals surface area contributed by atoms with Gasteiger partial charge in [-0.25, -0.2) is 0 Å². The first-order valence-corrected chi connectivity index (χ1v) is 7.69. The van der Waals surface area contributed by atoms with Crippen LogP contribution in [0, 0.1) is 5.92 Å². The molecule has 3 fully saturated rings. The largest absolute Gasteiger partial charge is 0.308 e. The molecule has 1 saturated heterocycles. The highest BCUT2D eigenvalue weighted by Gasteiger charge is 2.51. The van der Waals surface area contributed by atoms with E-state index in [2.05, 4.69) is 24.1 Å². The topological polar surface area (TPSA) is 15.3 Å². The van der Waals surface area contributed by atoms with Crippen LogP contribution in [0.25, 0.3) is 0 Å². The Labute approximate surface area is 106 Å². The summed E-state index contributed by atoms with van der Waals surface area (Å²) >= 11 is 0. The molecule has 1 spiro atoms. The number of piperazine rings is 1. The molecule has 98 valence electrons. The minimum atomic E-state index is 0.420. The summed E-state index contributed by atoms with van der Waals surface area (Å²) in [5, 5.41) is 3.94. The molecule has 1 N–H and O–H groups in total. The Morgan fingerprint density at radius 1 is 1.24 bits per heavy atom. The van der Waals surface area contributed by atoms with Crippen LogP contribution in [-0.2, 0) is 0 Å². The highest BCUT2D eigenvalue weighted by atomic mass is 15.3. The van der Waals surface area contributed by atoms with Crippen LogP contribution < -0.4 is 5.32 Å². The van der Waals surface area contributed by atoms with E-state index < -0.39 is 0 Å². The summed E-state index contributed by atoms with van der Waals surface area (Å²) in [7, 11) is 0. The van der Waals surface area contributed by atoms with Crippen LogP contribution in [0.3, 0.4) is 0 Å². The van der Waals surface area contributed by atoms with E-state index in [0.29, 0.717) is 11.1 Å². The lowest BCUT2D eigenvalue weighted by molar-refractivity contribution is 0.00591. The summed E-state index contributed by atoms with van der Waals surface area (Å²) in [5.41, 5.74) is 0.952. The van der Waals surface area contributed by atoms with Gasteiger partial charge in [0.1, 0.15) is 0 Å². The van der Waals surface area contributed by atoms with E-state index in [1.165, 1.54) is 64.6 Å². The summed E-state index contributed by atoms with van der Waals surface area (Å²) < 4.78 is 0. The number of rotatable bonds is 3. The van der Waals surface area contributed by atoms with Crippen LogP contribution in [0.4, 0.5) is 0 Å². The first-order chi connectivity index (χ1) is 8.19. The van der Waals surface area contributed by atoms with E-state index in [1.54, 1.807) is 0 Å². The lowest BCUT2D eigenvalue weighted by atomic mass is 9.83. The summed E-state index contributed by atoms with van der Waals surface area (Å²) in [6.45, 7) is 8.66. The third kappa shape index (κ3) is 2.04. The van der Waals surface area contributed by atoms with Crippen LogP contribution in [0.2, 0.25) is 0 Å². The van der Waals surface area contributed by atoms with Crippen LogP contribution in [-0.4, -0.2) is 35.6 Å². The van der Waals surface area contributed by atoms with Crippen molar-refractivity contribution in [3.05, 3.63) is 0 Å². The maximum Gasteiger partial charge on any atom is 0.0334 e. The lowest BCUT2D eigenvalue weighted by Crippen LogP contribution is -2.69. The highest BCUT2D eigenvalue weighted by molar-refractivity contribution is 5.10. The molecule has 0 radical (unpaired) electrons. The monoisotopic (exact) mass is 236 g/mol. The third-order valence-electron chi connectivity index (χ3n) is 5.52. The molecule has 2 aliphatic carbocycles. The molecule has 1 unspecified atom stereocenters. The van der Waals surface area contributed by atoms with Gasteiger partial charge in [0.05, 0.1) is 0 Å². The lowest BCUT2D eigenvalue weighted by Gasteiger charge is -2.53. The molecule has 0 aromatic carbocycles. The van der Waals surface area contributed by atoms with E-state index in [9.17, 15) is 0 Å². The second-order valence-corrected chi connectivity index (χ2v) is 6.90. The number of hydrogen-bond acceptors (Lipinski definition) is 2. The molecule has 1 atom stereocenters. The molecule has 3 aliphatic rings. The normalized spacial score (nSPS) is 37.8. The van der Waals surface area contributed by atoms with Gasteiger partial charge in [-0.15, -0.1) is 0 Å². The van der Waals surface area contributed by atoms with Gasteiger partial charge in [-0.05, 0) is 51.5 Å². The Hall–Kier alpha value is -0.0800. The van der Waals surface area contributed by atoms with Crippen molar-refractivity contribution in [3.63, 3.8) is 0 Å². The average molecular weight is 236 g/mol. The van der Waals surface area contributed by atoms with Crippen molar-refractivity contribution in [3.8, 4) is 0 Å². The fourth-order valence-corrected chi connectivity index (χ4v) is 4.20. The fourth-order valence-electron chi connectivity index (χ4n) is 4.20. The van der Waals surface area contributed by atoms with Crippen molar-refractivity contribution in [1.29, 1.82) is 0 Å². The van der Waals surface area contributed by atoms with Crippen LogP contribution in [0.5, 0.6) is 0 Å². The van der Waals surface area contributed by atoms with Crippen molar-refractivity contribution >= 4 is 0 Å². The van der Waals surface area contributed by atoms with E-state index in [4.69, 9.17) is 0 Å². The molecule has 0 aromatic heterocycles. The molecule has 1 aliphatic heterocycles. The molecule has 1 heterocycles. The van der Waals surface area contributed by atoms with E-state index in [-0.39, 0.29) is 0 Å². The SMILES string of the molecule is CCCN1CC(C)(C2CC2)NCC12CCCC2. The molecule has 2 saturated carbocycles. The van der Waals surface area contributed by atoms with E-state index in [0.717, 1.165) is 5.92 Å². The molecule has 17 heavy (non-hydrogen) atoms. The zero-order chi connectivity index (χ0) is 11.9. The third-order valence-corrected chi connectivity index (χ3v) is 5.52. The second kappa shape index (κ2) is 4.24. The second-order valence-electron chi connectivity index (χ2n) is 6.90. The van der Waals surface area contributed by atoms with Crippen molar-refractivity contribution in [2.24, 2.45) is 5.92 Å². The maximum absolute atomic E-state index is 3.94. The summed E-state index contributed by atoms with van der Waals surface area (Å²) in [4.78, 5) is 2.86. The fraction of sp³-hybridized carbons (Fsp3) is 1.00. The van der Waals surface area contributed by atoms with Gasteiger partial charge in [0, 0.05) is 24.2 Å². The van der Waals surface area contributed by atoms with Crippen molar-refractivity contribution in [2.75, 3.05) is 19.6 Å². The molecular weight excluding hydrogens is 208 g/mol. The Bertz CT molecular complexity index is 279. The average Bonchev–Trinajstić information content (AvgIpc) is 3.07. The number of nitrogens with one attached hydrogen (secondary N) is 1. The molecule has 0 amide bonds. The van der Waals surface area contributed by atoms with Crippen molar-refractivity contribution in [1.82, 2.24) is 10.2 Å². The van der Waals surface area contributed by atoms with E-state index in [1.807, 2.05) is 0 Å². The summed E-state index contributed by atoms with van der Waals surface area (Å²) in [6.07, 6.45) is 9.97. The van der Waals surface area contributed by atoms with Crippen LogP contribution in [0.1, 0.15) is 58.8 Å². The number of hydrogen-bond donors (Lipinski definition) is 1. The van der Waals surface area contributed by atoms with Gasteiger partial charge in [-0.2, -0.15) is 0 Å². The zero-order valence-corrected chi connectivity index (χ0v) is 11.6. The molecule has 2 nitrogen and oxygen atoms in total. The van der Waals surface area contributed by atoms with Gasteiger partial charge in [0.15, 0.2) is 0 Å². The molecule has 3 rings (SSSR count). The van der Waals surface area contributed by atoms with Crippen LogP contribution in [0.15, 0.2) is 0 Å². The van der Waals surface area contributed by atoms with Gasteiger partial charge in [0.2, 0.25) is 0 Å². The first kappa shape index (κ1) is 12.0. The Morgan fingerprint density at radius 2 is 1.94 bits per heavy atom. The molecule has 2 heteroatoms. The Morgan fingerprint density at radius 3 is 2.53 bits per heavy atom. The smallest absolute Gasteiger partial charge is 0.0334 e. The zero-order valence-electron chi connectivity index (χ0n) is 11.6. The number of nitrogens with zero attached hydrogens (tertiary/aromatic N) is 1. The minimum absolute atomic E-state index is 0.420. The summed E-state index contributed by atoms with van der Waals surface area (Å²) in [5.74, 6) is 0.959. The van der Waals surface area contributed by atoms with Crippen molar-refractivity contribution < 1.29 is 0 Å². The molecular formula is C15H28N2. The van der Waals surface area contributed by atoms with Crippen molar-refractivity contribution in [2.45, 2.75) is 69.9 Å².